The third-order valence-electron chi connectivity index (χ3n) is 4.97. The van der Waals surface area contributed by atoms with E-state index in [-0.39, 0.29) is 35.7 Å². The van der Waals surface area contributed by atoms with Crippen LogP contribution in [0.2, 0.25) is 0 Å². The van der Waals surface area contributed by atoms with Crippen LogP contribution in [0.25, 0.3) is 0 Å². The first-order valence-electron chi connectivity index (χ1n) is 8.63. The minimum Gasteiger partial charge on any atom is -0.335 e. The highest BCUT2D eigenvalue weighted by Crippen LogP contribution is 2.28. The molecule has 2 aliphatic heterocycles. The van der Waals surface area contributed by atoms with Crippen LogP contribution in [-0.2, 0) is 25.8 Å². The largest absolute Gasteiger partial charge is 0.335 e. The summed E-state index contributed by atoms with van der Waals surface area (Å²) in [5.41, 5.74) is 0.908. The van der Waals surface area contributed by atoms with Crippen LogP contribution in [0, 0.1) is 5.92 Å². The topological polar surface area (TPSA) is 74.8 Å². The van der Waals surface area contributed by atoms with Gasteiger partial charge in [-0.3, -0.25) is 9.59 Å². The highest BCUT2D eigenvalue weighted by atomic mass is 32.2. The van der Waals surface area contributed by atoms with Crippen molar-refractivity contribution in [3.63, 3.8) is 0 Å². The van der Waals surface area contributed by atoms with Crippen LogP contribution < -0.4 is 0 Å². The van der Waals surface area contributed by atoms with Crippen LogP contribution in [0.4, 0.5) is 0 Å². The molecule has 0 radical (unpaired) electrons. The van der Waals surface area contributed by atoms with Gasteiger partial charge >= 0.3 is 0 Å². The van der Waals surface area contributed by atoms with E-state index in [1.54, 1.807) is 9.80 Å². The monoisotopic (exact) mass is 364 g/mol. The van der Waals surface area contributed by atoms with Crippen molar-refractivity contribution in [2.45, 2.75) is 32.4 Å². The second kappa shape index (κ2) is 6.78. The Morgan fingerprint density at radius 2 is 1.60 bits per heavy atom. The number of hydrogen-bond donors (Lipinski definition) is 0. The van der Waals surface area contributed by atoms with E-state index in [4.69, 9.17) is 0 Å². The van der Waals surface area contributed by atoms with Crippen molar-refractivity contribution in [3.05, 3.63) is 35.9 Å². The first-order valence-corrected chi connectivity index (χ1v) is 10.4. The molecule has 0 aromatic heterocycles. The second-order valence-corrected chi connectivity index (χ2v) is 9.30. The summed E-state index contributed by atoms with van der Waals surface area (Å²) in [7, 11) is -3.25. The Morgan fingerprint density at radius 1 is 1.04 bits per heavy atom. The molecular formula is C18H24N2O4S. The fourth-order valence-corrected chi connectivity index (χ4v) is 5.72. The van der Waals surface area contributed by atoms with Crippen molar-refractivity contribution in [3.8, 4) is 0 Å². The fraction of sp³-hybridized carbons (Fsp3) is 0.556. The summed E-state index contributed by atoms with van der Waals surface area (Å²) in [6.45, 7) is 4.41. The number of fused-ring (bicyclic) bond motifs is 1. The summed E-state index contributed by atoms with van der Waals surface area (Å²) >= 11 is 0. The molecule has 3 rings (SSSR count). The number of benzene rings is 1. The standard InChI is InChI=1S/C18H24N2O4S/c1-13(2)18(22)20-9-8-19(15-11-25(23,24)12-16(15)20)17(21)10-14-6-4-3-5-7-14/h3-7,13,15-16H,8-12H2,1-2H3/t15-,16+/m1/s1. The molecule has 25 heavy (non-hydrogen) atoms. The van der Waals surface area contributed by atoms with Gasteiger partial charge in [-0.1, -0.05) is 44.2 Å². The van der Waals surface area contributed by atoms with E-state index in [0.29, 0.717) is 13.1 Å². The van der Waals surface area contributed by atoms with E-state index in [1.165, 1.54) is 0 Å². The molecule has 0 unspecified atom stereocenters. The first kappa shape index (κ1) is 17.9. The van der Waals surface area contributed by atoms with Gasteiger partial charge in [0.25, 0.3) is 0 Å². The molecule has 0 aliphatic carbocycles. The van der Waals surface area contributed by atoms with Gasteiger partial charge in [-0.05, 0) is 5.56 Å². The molecule has 136 valence electrons. The van der Waals surface area contributed by atoms with Gasteiger partial charge in [-0.25, -0.2) is 8.42 Å². The van der Waals surface area contributed by atoms with Gasteiger partial charge in [-0.2, -0.15) is 0 Å². The normalized spacial score (nSPS) is 25.1. The van der Waals surface area contributed by atoms with E-state index >= 15 is 0 Å². The molecule has 0 bridgehead atoms. The molecule has 2 atom stereocenters. The predicted molar refractivity (Wildman–Crippen MR) is 94.6 cm³/mol. The first-order chi connectivity index (χ1) is 11.8. The number of carbonyl (C=O) groups is 2. The molecule has 2 amide bonds. The zero-order valence-corrected chi connectivity index (χ0v) is 15.4. The minimum absolute atomic E-state index is 0.0396. The highest BCUT2D eigenvalue weighted by Gasteiger charge is 2.49. The van der Waals surface area contributed by atoms with Gasteiger partial charge in [0.15, 0.2) is 9.84 Å². The van der Waals surface area contributed by atoms with Gasteiger partial charge in [-0.15, -0.1) is 0 Å². The lowest BCUT2D eigenvalue weighted by Crippen LogP contribution is -2.62. The van der Waals surface area contributed by atoms with Crippen LogP contribution in [0.5, 0.6) is 0 Å². The molecule has 2 aliphatic rings. The third kappa shape index (κ3) is 3.71. The average molecular weight is 364 g/mol. The van der Waals surface area contributed by atoms with Crippen molar-refractivity contribution in [2.75, 3.05) is 24.6 Å². The number of sulfone groups is 1. The summed E-state index contributed by atoms with van der Waals surface area (Å²) in [5, 5.41) is 0. The summed E-state index contributed by atoms with van der Waals surface area (Å²) in [6.07, 6.45) is 0.252. The molecule has 2 heterocycles. The van der Waals surface area contributed by atoms with E-state index in [0.717, 1.165) is 5.56 Å². The Balaban J connectivity index is 1.81. The third-order valence-corrected chi connectivity index (χ3v) is 6.67. The zero-order chi connectivity index (χ0) is 18.2. The molecule has 1 aromatic carbocycles. The van der Waals surface area contributed by atoms with Gasteiger partial charge < -0.3 is 9.80 Å². The smallest absolute Gasteiger partial charge is 0.227 e. The van der Waals surface area contributed by atoms with Crippen LogP contribution in [0.3, 0.4) is 0 Å². The van der Waals surface area contributed by atoms with Crippen molar-refractivity contribution < 1.29 is 18.0 Å². The van der Waals surface area contributed by atoms with Crippen LogP contribution in [0.15, 0.2) is 30.3 Å². The maximum atomic E-state index is 12.8. The number of carbonyl (C=O) groups excluding carboxylic acids is 2. The number of rotatable bonds is 3. The van der Waals surface area contributed by atoms with Gasteiger partial charge in [0.05, 0.1) is 30.0 Å². The molecule has 0 saturated carbocycles. The lowest BCUT2D eigenvalue weighted by atomic mass is 10.0. The van der Waals surface area contributed by atoms with E-state index < -0.39 is 21.9 Å². The lowest BCUT2D eigenvalue weighted by Gasteiger charge is -2.44. The molecule has 7 heteroatoms. The number of piperazine rings is 1. The Hall–Kier alpha value is -1.89. The Kier molecular flexibility index (Phi) is 4.86. The molecule has 0 spiro atoms. The van der Waals surface area contributed by atoms with E-state index in [1.807, 2.05) is 44.2 Å². The Bertz CT molecular complexity index is 761. The summed E-state index contributed by atoms with van der Waals surface area (Å²) < 4.78 is 24.4. The minimum atomic E-state index is -3.25. The quantitative estimate of drug-likeness (QED) is 0.792. The fourth-order valence-electron chi connectivity index (χ4n) is 3.74. The van der Waals surface area contributed by atoms with Crippen molar-refractivity contribution in [1.29, 1.82) is 0 Å². The molecule has 2 fully saturated rings. The zero-order valence-electron chi connectivity index (χ0n) is 14.6. The number of nitrogens with zero attached hydrogens (tertiary/aromatic N) is 2. The summed E-state index contributed by atoms with van der Waals surface area (Å²) in [4.78, 5) is 28.6. The Labute approximate surface area is 148 Å². The molecule has 1 aromatic rings. The van der Waals surface area contributed by atoms with Crippen LogP contribution in [-0.4, -0.2) is 66.7 Å². The second-order valence-electron chi connectivity index (χ2n) is 7.15. The summed E-state index contributed by atoms with van der Waals surface area (Å²) in [5.74, 6) is -0.404. The van der Waals surface area contributed by atoms with Crippen molar-refractivity contribution in [1.82, 2.24) is 9.80 Å². The molecular weight excluding hydrogens is 340 g/mol. The SMILES string of the molecule is CC(C)C(=O)N1CCN(C(=O)Cc2ccccc2)[C@@H]2CS(=O)(=O)C[C@@H]21. The van der Waals surface area contributed by atoms with E-state index in [9.17, 15) is 18.0 Å². The maximum Gasteiger partial charge on any atom is 0.227 e. The van der Waals surface area contributed by atoms with E-state index in [2.05, 4.69) is 0 Å². The molecule has 2 saturated heterocycles. The number of hydrogen-bond acceptors (Lipinski definition) is 4. The predicted octanol–water partition coefficient (Wildman–Crippen LogP) is 0.722. The van der Waals surface area contributed by atoms with Crippen LogP contribution in [0.1, 0.15) is 19.4 Å². The van der Waals surface area contributed by atoms with Gasteiger partial charge in [0.2, 0.25) is 11.8 Å². The van der Waals surface area contributed by atoms with Gasteiger partial charge in [0.1, 0.15) is 0 Å². The molecule has 6 nitrogen and oxygen atoms in total. The molecule has 0 N–H and O–H groups in total. The van der Waals surface area contributed by atoms with Gasteiger partial charge in [0, 0.05) is 19.0 Å². The van der Waals surface area contributed by atoms with Crippen LogP contribution >= 0.6 is 0 Å². The highest BCUT2D eigenvalue weighted by molar-refractivity contribution is 7.91. The van der Waals surface area contributed by atoms with Crippen molar-refractivity contribution in [2.24, 2.45) is 5.92 Å². The Morgan fingerprint density at radius 3 is 2.20 bits per heavy atom. The summed E-state index contributed by atoms with van der Waals surface area (Å²) in [6, 6.07) is 8.57. The maximum absolute atomic E-state index is 12.8. The lowest BCUT2D eigenvalue weighted by molar-refractivity contribution is -0.147. The average Bonchev–Trinajstić information content (AvgIpc) is 2.88. The van der Waals surface area contributed by atoms with Crippen molar-refractivity contribution >= 4 is 21.7 Å². The number of amides is 2.